The second-order valence-electron chi connectivity index (χ2n) is 8.33. The summed E-state index contributed by atoms with van der Waals surface area (Å²) in [4.78, 5) is 37.4. The minimum Gasteiger partial charge on any atom is -0.445 e. The molecule has 4 rings (SSSR count). The van der Waals surface area contributed by atoms with E-state index in [0.29, 0.717) is 17.6 Å². The van der Waals surface area contributed by atoms with Crippen LogP contribution in [0.3, 0.4) is 0 Å². The molecule has 0 radical (unpaired) electrons. The number of rotatable bonds is 6. The summed E-state index contributed by atoms with van der Waals surface area (Å²) >= 11 is 6.39. The van der Waals surface area contributed by atoms with E-state index in [-0.39, 0.29) is 28.9 Å². The molecule has 8 heteroatoms. The molecular formula is C25H24ClNO6. The van der Waals surface area contributed by atoms with Gasteiger partial charge in [0.05, 0.1) is 5.02 Å². The van der Waals surface area contributed by atoms with Crippen molar-refractivity contribution in [3.8, 4) is 5.75 Å². The summed E-state index contributed by atoms with van der Waals surface area (Å²) in [5, 5.41) is 3.52. The Morgan fingerprint density at radius 1 is 1.12 bits per heavy atom. The lowest BCUT2D eigenvalue weighted by Crippen LogP contribution is -2.46. The van der Waals surface area contributed by atoms with Crippen LogP contribution >= 0.6 is 11.6 Å². The number of fused-ring (bicyclic) bond motifs is 3. The van der Waals surface area contributed by atoms with Crippen LogP contribution in [0.25, 0.3) is 11.0 Å². The van der Waals surface area contributed by atoms with E-state index in [4.69, 9.17) is 25.5 Å². The molecule has 33 heavy (non-hydrogen) atoms. The average Bonchev–Trinajstić information content (AvgIpc) is 3.29. The van der Waals surface area contributed by atoms with Crippen molar-refractivity contribution in [1.82, 2.24) is 5.32 Å². The lowest BCUT2D eigenvalue weighted by molar-refractivity contribution is -0.137. The smallest absolute Gasteiger partial charge is 0.408 e. The van der Waals surface area contributed by atoms with Crippen LogP contribution in [0.2, 0.25) is 5.02 Å². The maximum absolute atomic E-state index is 12.9. The van der Waals surface area contributed by atoms with Crippen molar-refractivity contribution in [3.63, 3.8) is 0 Å². The molecule has 0 spiro atoms. The number of alkyl carbamates (subject to hydrolysis) is 1. The van der Waals surface area contributed by atoms with Crippen molar-refractivity contribution in [2.75, 3.05) is 0 Å². The highest BCUT2D eigenvalue weighted by Gasteiger charge is 2.28. The van der Waals surface area contributed by atoms with Crippen LogP contribution in [-0.2, 0) is 29.0 Å². The number of benzene rings is 2. The fraction of sp³-hybridized carbons (Fsp3) is 0.320. The Bertz CT molecular complexity index is 1250. The molecule has 0 saturated heterocycles. The normalized spacial score (nSPS) is 13.6. The second-order valence-corrected chi connectivity index (χ2v) is 8.74. The highest BCUT2D eigenvalue weighted by molar-refractivity contribution is 6.33. The molecule has 0 saturated carbocycles. The van der Waals surface area contributed by atoms with Gasteiger partial charge in [0.25, 0.3) is 0 Å². The van der Waals surface area contributed by atoms with Crippen LogP contribution in [0.15, 0.2) is 51.7 Å². The van der Waals surface area contributed by atoms with Crippen LogP contribution in [0, 0.1) is 5.92 Å². The molecule has 1 aliphatic carbocycles. The van der Waals surface area contributed by atoms with Gasteiger partial charge in [0, 0.05) is 17.0 Å². The van der Waals surface area contributed by atoms with Gasteiger partial charge in [-0.05, 0) is 42.4 Å². The highest BCUT2D eigenvalue weighted by Crippen LogP contribution is 2.35. The summed E-state index contributed by atoms with van der Waals surface area (Å²) in [6, 6.07) is 11.3. The number of hydrogen-bond acceptors (Lipinski definition) is 6. The molecule has 0 unspecified atom stereocenters. The molecule has 0 aliphatic heterocycles. The lowest BCUT2D eigenvalue weighted by Gasteiger charge is -2.21. The van der Waals surface area contributed by atoms with Gasteiger partial charge in [-0.1, -0.05) is 55.8 Å². The van der Waals surface area contributed by atoms with Crippen molar-refractivity contribution < 1.29 is 23.5 Å². The third-order valence-electron chi connectivity index (χ3n) is 5.64. The predicted molar refractivity (Wildman–Crippen MR) is 124 cm³/mol. The van der Waals surface area contributed by atoms with Gasteiger partial charge in [-0.2, -0.15) is 0 Å². The number of esters is 1. The Kier molecular flexibility index (Phi) is 6.70. The maximum atomic E-state index is 12.9. The zero-order chi connectivity index (χ0) is 23.5. The molecule has 1 atom stereocenters. The maximum Gasteiger partial charge on any atom is 0.408 e. The van der Waals surface area contributed by atoms with Crippen molar-refractivity contribution in [1.29, 1.82) is 0 Å². The molecule has 1 heterocycles. The molecule has 1 aromatic heterocycles. The number of nitrogens with one attached hydrogen (secondary N) is 1. The van der Waals surface area contributed by atoms with Gasteiger partial charge < -0.3 is 19.2 Å². The Morgan fingerprint density at radius 2 is 1.85 bits per heavy atom. The minimum atomic E-state index is -0.966. The Labute approximate surface area is 195 Å². The summed E-state index contributed by atoms with van der Waals surface area (Å²) in [5.41, 5.74) is 2.37. The van der Waals surface area contributed by atoms with E-state index in [1.54, 1.807) is 19.9 Å². The van der Waals surface area contributed by atoms with E-state index >= 15 is 0 Å². The van der Waals surface area contributed by atoms with Crippen molar-refractivity contribution in [2.24, 2.45) is 5.92 Å². The van der Waals surface area contributed by atoms with Gasteiger partial charge in [-0.15, -0.1) is 0 Å². The average molecular weight is 470 g/mol. The second kappa shape index (κ2) is 9.67. The summed E-state index contributed by atoms with van der Waals surface area (Å²) in [6.07, 6.45) is 1.61. The molecule has 3 aromatic rings. The zero-order valence-corrected chi connectivity index (χ0v) is 19.1. The molecule has 1 amide bonds. The highest BCUT2D eigenvalue weighted by atomic mass is 35.5. The van der Waals surface area contributed by atoms with Crippen LogP contribution in [-0.4, -0.2) is 18.1 Å². The van der Waals surface area contributed by atoms with Gasteiger partial charge in [0.2, 0.25) is 0 Å². The van der Waals surface area contributed by atoms with Gasteiger partial charge in [0.1, 0.15) is 18.2 Å². The van der Waals surface area contributed by atoms with E-state index in [1.165, 1.54) is 6.07 Å². The van der Waals surface area contributed by atoms with Gasteiger partial charge in [-0.3, -0.25) is 0 Å². The Balaban J connectivity index is 1.49. The van der Waals surface area contributed by atoms with E-state index in [0.717, 1.165) is 29.4 Å². The summed E-state index contributed by atoms with van der Waals surface area (Å²) < 4.78 is 16.1. The molecule has 1 aliphatic rings. The molecule has 7 nitrogen and oxygen atoms in total. The first-order valence-corrected chi connectivity index (χ1v) is 11.2. The van der Waals surface area contributed by atoms with Crippen LogP contribution < -0.4 is 15.7 Å². The lowest BCUT2D eigenvalue weighted by atomic mass is 10.0. The number of hydrogen-bond donors (Lipinski definition) is 1. The van der Waals surface area contributed by atoms with Crippen molar-refractivity contribution in [3.05, 3.63) is 74.6 Å². The van der Waals surface area contributed by atoms with Gasteiger partial charge >= 0.3 is 17.7 Å². The van der Waals surface area contributed by atoms with Crippen LogP contribution in [0.4, 0.5) is 4.79 Å². The minimum absolute atomic E-state index is 0.0559. The fourth-order valence-corrected chi connectivity index (χ4v) is 4.12. The summed E-state index contributed by atoms with van der Waals surface area (Å²) in [6.45, 7) is 3.62. The van der Waals surface area contributed by atoms with E-state index in [2.05, 4.69) is 5.32 Å². The molecular weight excluding hydrogens is 446 g/mol. The molecule has 0 fully saturated rings. The third-order valence-corrected chi connectivity index (χ3v) is 5.94. The van der Waals surface area contributed by atoms with Crippen LogP contribution in [0.5, 0.6) is 5.75 Å². The summed E-state index contributed by atoms with van der Waals surface area (Å²) in [7, 11) is 0. The molecule has 172 valence electrons. The monoisotopic (exact) mass is 469 g/mol. The van der Waals surface area contributed by atoms with Crippen LogP contribution in [0.1, 0.15) is 37.0 Å². The molecule has 2 aromatic carbocycles. The molecule has 0 bridgehead atoms. The SMILES string of the molecule is CC(C)[C@H](NC(=O)OCc1ccccc1)C(=O)Oc1cc2oc(=O)c3c(c2cc1Cl)CCC3. The number of carbonyl (C=O) groups excluding carboxylic acids is 2. The zero-order valence-electron chi connectivity index (χ0n) is 18.4. The van der Waals surface area contributed by atoms with E-state index in [9.17, 15) is 14.4 Å². The van der Waals surface area contributed by atoms with Gasteiger partial charge in [-0.25, -0.2) is 14.4 Å². The Hall–Kier alpha value is -3.32. The van der Waals surface area contributed by atoms with E-state index in [1.807, 2.05) is 30.3 Å². The third kappa shape index (κ3) is 5.03. The summed E-state index contributed by atoms with van der Waals surface area (Å²) in [5.74, 6) is -0.922. The quantitative estimate of drug-likeness (QED) is 0.317. The first-order valence-electron chi connectivity index (χ1n) is 10.8. The van der Waals surface area contributed by atoms with Crippen molar-refractivity contribution in [2.45, 2.75) is 45.8 Å². The van der Waals surface area contributed by atoms with Gasteiger partial charge in [0.15, 0.2) is 5.75 Å². The standard InChI is InChI=1S/C25H24ClNO6/c1-14(2)22(27-25(30)31-13-15-7-4-3-5-8-15)24(29)33-21-12-20-18(11-19(21)26)16-9-6-10-17(16)23(28)32-20/h3-5,7-8,11-12,14,22H,6,9-10,13H2,1-2H3,(H,27,30)/t22-/m0/s1. The van der Waals surface area contributed by atoms with Crippen molar-refractivity contribution >= 4 is 34.6 Å². The largest absolute Gasteiger partial charge is 0.445 e. The predicted octanol–water partition coefficient (Wildman–Crippen LogP) is 4.79. The number of carbonyl (C=O) groups is 2. The fourth-order valence-electron chi connectivity index (χ4n) is 3.92. The number of ether oxygens (including phenoxy) is 2. The first kappa shape index (κ1) is 22.9. The Morgan fingerprint density at radius 3 is 2.58 bits per heavy atom. The number of halogens is 1. The van der Waals surface area contributed by atoms with E-state index < -0.39 is 18.1 Å². The topological polar surface area (TPSA) is 94.8 Å². The number of amides is 1. The molecule has 1 N–H and O–H groups in total. The first-order chi connectivity index (χ1) is 15.8. The number of aryl methyl sites for hydroxylation is 1.